The Kier molecular flexibility index (Phi) is 5.17. The molecule has 1 aliphatic rings. The van der Waals surface area contributed by atoms with E-state index in [0.29, 0.717) is 16.2 Å². The van der Waals surface area contributed by atoms with Crippen LogP contribution in [0.15, 0.2) is 18.6 Å². The normalized spacial score (nSPS) is 30.0. The summed E-state index contributed by atoms with van der Waals surface area (Å²) in [5.41, 5.74) is -0.708. The van der Waals surface area contributed by atoms with Gasteiger partial charge >= 0.3 is 0 Å². The molecular formula is C14H18B2ClN3O4. The molecule has 0 amide bonds. The van der Waals surface area contributed by atoms with Gasteiger partial charge in [0.1, 0.15) is 34.9 Å². The Labute approximate surface area is 146 Å². The zero-order valence-corrected chi connectivity index (χ0v) is 14.5. The van der Waals surface area contributed by atoms with Gasteiger partial charge in [-0.15, -0.1) is 0 Å². The molecule has 126 valence electrons. The summed E-state index contributed by atoms with van der Waals surface area (Å²) in [6.45, 7) is 5.49. The van der Waals surface area contributed by atoms with E-state index < -0.39 is 24.0 Å². The number of rotatable bonds is 6. The molecule has 0 spiro atoms. The first-order chi connectivity index (χ1) is 11.5. The Morgan fingerprint density at radius 2 is 2.21 bits per heavy atom. The largest absolute Gasteiger partial charge is 0.438 e. The van der Waals surface area contributed by atoms with Gasteiger partial charge < -0.3 is 23.7 Å². The molecule has 3 heterocycles. The molecular weight excluding hydrogens is 331 g/mol. The van der Waals surface area contributed by atoms with E-state index in [0.717, 1.165) is 0 Å². The number of halogens is 1. The number of ether oxygens (including phenoxy) is 1. The molecule has 10 heteroatoms. The Morgan fingerprint density at radius 1 is 1.42 bits per heavy atom. The van der Waals surface area contributed by atoms with Crippen LogP contribution in [0, 0.1) is 0 Å². The van der Waals surface area contributed by atoms with Crippen LogP contribution in [0.2, 0.25) is 18.8 Å². The van der Waals surface area contributed by atoms with Gasteiger partial charge in [-0.25, -0.2) is 9.97 Å². The maximum Gasteiger partial charge on any atom is 0.289 e. The smallest absolute Gasteiger partial charge is 0.289 e. The zero-order valence-electron chi connectivity index (χ0n) is 13.7. The van der Waals surface area contributed by atoms with Crippen LogP contribution in [-0.2, 0) is 14.0 Å². The van der Waals surface area contributed by atoms with Crippen LogP contribution in [-0.4, -0.2) is 59.0 Å². The highest BCUT2D eigenvalue weighted by molar-refractivity contribution is 6.33. The van der Waals surface area contributed by atoms with E-state index in [9.17, 15) is 5.11 Å². The molecule has 0 aromatic carbocycles. The molecule has 4 atom stereocenters. The summed E-state index contributed by atoms with van der Waals surface area (Å²) in [6, 6.07) is 1.79. The summed E-state index contributed by atoms with van der Waals surface area (Å²) in [7, 11) is 3.12. The lowest BCUT2D eigenvalue weighted by Gasteiger charge is -2.30. The maximum atomic E-state index is 11.1. The Bertz CT molecular complexity index is 714. The SMILES string of the molecule is C[B]OCC1OC(n2ccc3c(Cl)ncnc32)C(C)(O)C1O[B]C. The number of hydrogen-bond acceptors (Lipinski definition) is 6. The summed E-state index contributed by atoms with van der Waals surface area (Å²) < 4.78 is 18.8. The van der Waals surface area contributed by atoms with Crippen molar-refractivity contribution in [3.05, 3.63) is 23.7 Å². The molecule has 1 saturated heterocycles. The second-order valence-corrected chi connectivity index (χ2v) is 6.10. The van der Waals surface area contributed by atoms with Crippen LogP contribution in [0.5, 0.6) is 0 Å². The molecule has 0 bridgehead atoms. The van der Waals surface area contributed by atoms with E-state index in [1.54, 1.807) is 52.4 Å². The Hall–Kier alpha value is -1.12. The van der Waals surface area contributed by atoms with E-state index >= 15 is 0 Å². The van der Waals surface area contributed by atoms with Gasteiger partial charge in [0.15, 0.2) is 6.23 Å². The van der Waals surface area contributed by atoms with Crippen molar-refractivity contribution in [1.29, 1.82) is 0 Å². The predicted octanol–water partition coefficient (Wildman–Crippen LogP) is 1.47. The van der Waals surface area contributed by atoms with Gasteiger partial charge in [0.25, 0.3) is 15.0 Å². The fourth-order valence-corrected chi connectivity index (χ4v) is 3.25. The first-order valence-corrected chi connectivity index (χ1v) is 8.06. The molecule has 1 fully saturated rings. The van der Waals surface area contributed by atoms with Crippen molar-refractivity contribution in [2.45, 2.75) is 44.6 Å². The zero-order chi connectivity index (χ0) is 17.3. The summed E-state index contributed by atoms with van der Waals surface area (Å²) >= 11 is 6.10. The summed E-state index contributed by atoms with van der Waals surface area (Å²) in [5.74, 6) is 0. The van der Waals surface area contributed by atoms with Crippen LogP contribution in [0.3, 0.4) is 0 Å². The van der Waals surface area contributed by atoms with Crippen LogP contribution in [0.25, 0.3) is 11.0 Å². The number of nitrogens with zero attached hydrogens (tertiary/aromatic N) is 3. The van der Waals surface area contributed by atoms with Crippen LogP contribution in [0.4, 0.5) is 0 Å². The highest BCUT2D eigenvalue weighted by atomic mass is 35.5. The molecule has 3 rings (SSSR count). The van der Waals surface area contributed by atoms with E-state index in [1.165, 1.54) is 6.33 Å². The summed E-state index contributed by atoms with van der Waals surface area (Å²) in [5, 5.41) is 12.1. The third-order valence-corrected chi connectivity index (χ3v) is 4.44. The van der Waals surface area contributed by atoms with Crippen molar-refractivity contribution in [3.8, 4) is 0 Å². The Morgan fingerprint density at radius 3 is 2.92 bits per heavy atom. The lowest BCUT2D eigenvalue weighted by molar-refractivity contribution is -0.0915. The average Bonchev–Trinajstić information content (AvgIpc) is 3.07. The minimum Gasteiger partial charge on any atom is -0.438 e. The van der Waals surface area contributed by atoms with E-state index in [1.807, 2.05) is 0 Å². The van der Waals surface area contributed by atoms with Crippen molar-refractivity contribution in [3.63, 3.8) is 0 Å². The molecule has 2 aromatic rings. The lowest BCUT2D eigenvalue weighted by Crippen LogP contribution is -2.46. The molecule has 1 N–H and O–H groups in total. The average molecular weight is 349 g/mol. The van der Waals surface area contributed by atoms with Gasteiger partial charge in [-0.3, -0.25) is 0 Å². The van der Waals surface area contributed by atoms with Gasteiger partial charge in [0.2, 0.25) is 0 Å². The van der Waals surface area contributed by atoms with Crippen LogP contribution < -0.4 is 0 Å². The van der Waals surface area contributed by atoms with Gasteiger partial charge in [-0.05, 0) is 13.0 Å². The highest BCUT2D eigenvalue weighted by Crippen LogP contribution is 2.41. The third kappa shape index (κ3) is 2.95. The van der Waals surface area contributed by atoms with Gasteiger partial charge in [0, 0.05) is 6.20 Å². The second kappa shape index (κ2) is 7.01. The molecule has 2 aromatic heterocycles. The molecule has 2 radical (unpaired) electrons. The van der Waals surface area contributed by atoms with Crippen molar-refractivity contribution in [1.82, 2.24) is 14.5 Å². The molecule has 24 heavy (non-hydrogen) atoms. The molecule has 7 nitrogen and oxygen atoms in total. The van der Waals surface area contributed by atoms with Crippen molar-refractivity contribution in [2.24, 2.45) is 0 Å². The maximum absolute atomic E-state index is 11.1. The fraction of sp³-hybridized carbons (Fsp3) is 0.571. The van der Waals surface area contributed by atoms with Crippen molar-refractivity contribution in [2.75, 3.05) is 6.61 Å². The number of aromatic nitrogens is 3. The fourth-order valence-electron chi connectivity index (χ4n) is 3.06. The first-order valence-electron chi connectivity index (χ1n) is 7.68. The minimum atomic E-state index is -1.29. The van der Waals surface area contributed by atoms with Gasteiger partial charge in [0.05, 0.1) is 12.0 Å². The monoisotopic (exact) mass is 349 g/mol. The molecule has 1 aliphatic heterocycles. The van der Waals surface area contributed by atoms with Gasteiger partial charge in [-0.2, -0.15) is 0 Å². The van der Waals surface area contributed by atoms with Crippen LogP contribution in [0.1, 0.15) is 13.2 Å². The number of aliphatic hydroxyl groups is 1. The minimum absolute atomic E-state index is 0.274. The quantitative estimate of drug-likeness (QED) is 0.628. The Balaban J connectivity index is 1.98. The molecule has 0 saturated carbocycles. The number of hydrogen-bond donors (Lipinski definition) is 1. The molecule has 4 unspecified atom stereocenters. The topological polar surface area (TPSA) is 78.6 Å². The highest BCUT2D eigenvalue weighted by Gasteiger charge is 2.54. The third-order valence-electron chi connectivity index (χ3n) is 4.14. The second-order valence-electron chi connectivity index (χ2n) is 5.74. The predicted molar refractivity (Wildman–Crippen MR) is 91.1 cm³/mol. The standard InChI is InChI=1S/C14H18B2ClN3O4/c1-14(21)10(24-16-3)9(6-22-15-2)23-13(14)20-5-4-8-11(17)18-7-19-12(8)20/h4-5,7,9-10,13,21H,6H2,1-3H3. The summed E-state index contributed by atoms with van der Waals surface area (Å²) in [6.07, 6.45) is 1.43. The first kappa shape index (κ1) is 17.7. The van der Waals surface area contributed by atoms with Crippen molar-refractivity contribution >= 4 is 37.6 Å². The lowest BCUT2D eigenvalue weighted by atomic mass is 9.93. The molecule has 0 aliphatic carbocycles. The van der Waals surface area contributed by atoms with Crippen molar-refractivity contribution < 1.29 is 19.2 Å². The number of fused-ring (bicyclic) bond motifs is 1. The van der Waals surface area contributed by atoms with E-state index in [-0.39, 0.29) is 6.61 Å². The van der Waals surface area contributed by atoms with Gasteiger partial charge in [-0.1, -0.05) is 25.2 Å². The van der Waals surface area contributed by atoms with E-state index in [4.69, 9.17) is 25.6 Å². The van der Waals surface area contributed by atoms with E-state index in [2.05, 4.69) is 9.97 Å². The summed E-state index contributed by atoms with van der Waals surface area (Å²) in [4.78, 5) is 8.23. The van der Waals surface area contributed by atoms with Crippen LogP contribution >= 0.6 is 11.6 Å².